The van der Waals surface area contributed by atoms with Crippen LogP contribution in [0.25, 0.3) is 0 Å². The van der Waals surface area contributed by atoms with Crippen LogP contribution in [0.3, 0.4) is 0 Å². The molecule has 27 heavy (non-hydrogen) atoms. The molecule has 0 unspecified atom stereocenters. The smallest absolute Gasteiger partial charge is 0.243 e. The van der Waals surface area contributed by atoms with Crippen molar-refractivity contribution in [2.24, 2.45) is 5.92 Å². The first-order chi connectivity index (χ1) is 13.0. The molecule has 2 saturated heterocycles. The quantitative estimate of drug-likeness (QED) is 0.658. The van der Waals surface area contributed by atoms with Gasteiger partial charge in [0, 0.05) is 64.6 Å². The summed E-state index contributed by atoms with van der Waals surface area (Å²) in [6.45, 7) is 3.73. The van der Waals surface area contributed by atoms with Crippen LogP contribution < -0.4 is 10.6 Å². The van der Waals surface area contributed by atoms with E-state index in [1.165, 1.54) is 4.31 Å². The van der Waals surface area contributed by atoms with Crippen molar-refractivity contribution in [3.63, 3.8) is 0 Å². The third kappa shape index (κ3) is 5.06. The highest BCUT2D eigenvalue weighted by molar-refractivity contribution is 7.89. The predicted molar refractivity (Wildman–Crippen MR) is 100 cm³/mol. The molecule has 2 fully saturated rings. The molecule has 0 atom stereocenters. The molecular formula is C18H26N4O4S. The number of amides is 2. The van der Waals surface area contributed by atoms with Crippen LogP contribution in [0.5, 0.6) is 0 Å². The van der Waals surface area contributed by atoms with Crippen molar-refractivity contribution in [2.75, 3.05) is 45.8 Å². The Morgan fingerprint density at radius 3 is 2.30 bits per heavy atom. The van der Waals surface area contributed by atoms with Gasteiger partial charge in [-0.1, -0.05) is 18.2 Å². The molecule has 0 radical (unpaired) electrons. The maximum absolute atomic E-state index is 12.6. The Morgan fingerprint density at radius 2 is 1.70 bits per heavy atom. The summed E-state index contributed by atoms with van der Waals surface area (Å²) in [6.07, 6.45) is 0.321. The van der Waals surface area contributed by atoms with Gasteiger partial charge in [0.25, 0.3) is 0 Å². The van der Waals surface area contributed by atoms with Crippen LogP contribution >= 0.6 is 0 Å². The van der Waals surface area contributed by atoms with E-state index < -0.39 is 10.0 Å². The highest BCUT2D eigenvalue weighted by Crippen LogP contribution is 2.17. The summed E-state index contributed by atoms with van der Waals surface area (Å²) in [7, 11) is -3.52. The summed E-state index contributed by atoms with van der Waals surface area (Å²) < 4.78 is 26.6. The number of nitrogens with zero attached hydrogens (tertiary/aromatic N) is 2. The molecule has 2 aliphatic rings. The van der Waals surface area contributed by atoms with E-state index in [1.807, 2.05) is 0 Å². The summed E-state index contributed by atoms with van der Waals surface area (Å²) in [5, 5.41) is 5.99. The number of piperazine rings is 1. The Kier molecular flexibility index (Phi) is 6.46. The Morgan fingerprint density at radius 1 is 1.04 bits per heavy atom. The molecule has 0 aliphatic carbocycles. The maximum atomic E-state index is 12.6. The van der Waals surface area contributed by atoms with Crippen LogP contribution in [0.4, 0.5) is 0 Å². The van der Waals surface area contributed by atoms with Crippen molar-refractivity contribution in [1.82, 2.24) is 19.8 Å². The fraction of sp³-hybridized carbons (Fsp3) is 0.556. The van der Waals surface area contributed by atoms with Gasteiger partial charge in [-0.2, -0.15) is 4.31 Å². The second kappa shape index (κ2) is 8.81. The van der Waals surface area contributed by atoms with Gasteiger partial charge in [-0.25, -0.2) is 8.42 Å². The van der Waals surface area contributed by atoms with Crippen molar-refractivity contribution in [3.05, 3.63) is 30.3 Å². The number of rotatable bonds is 7. The molecular weight excluding hydrogens is 368 g/mol. The topological polar surface area (TPSA) is 98.8 Å². The van der Waals surface area contributed by atoms with Crippen LogP contribution in [0.15, 0.2) is 35.2 Å². The first-order valence-corrected chi connectivity index (χ1v) is 10.7. The number of carbonyl (C=O) groups excluding carboxylic acids is 2. The van der Waals surface area contributed by atoms with Crippen LogP contribution in [-0.4, -0.2) is 75.3 Å². The molecule has 2 heterocycles. The van der Waals surface area contributed by atoms with Crippen LogP contribution in [0.1, 0.15) is 12.8 Å². The van der Waals surface area contributed by atoms with Crippen LogP contribution in [0, 0.1) is 5.92 Å². The van der Waals surface area contributed by atoms with Crippen LogP contribution in [-0.2, 0) is 19.6 Å². The van der Waals surface area contributed by atoms with Gasteiger partial charge in [0.1, 0.15) is 0 Å². The first kappa shape index (κ1) is 19.8. The van der Waals surface area contributed by atoms with Crippen molar-refractivity contribution in [3.8, 4) is 0 Å². The number of hydrogen-bond acceptors (Lipinski definition) is 5. The normalized spacial score (nSPS) is 18.7. The molecule has 1 aromatic carbocycles. The number of hydrogen-bond donors (Lipinski definition) is 2. The van der Waals surface area contributed by atoms with Gasteiger partial charge in [0.2, 0.25) is 21.8 Å². The minimum absolute atomic E-state index is 0.104. The molecule has 148 valence electrons. The second-order valence-corrected chi connectivity index (χ2v) is 8.86. The lowest BCUT2D eigenvalue weighted by Gasteiger charge is -2.34. The summed E-state index contributed by atoms with van der Waals surface area (Å²) in [5.41, 5.74) is 0. The lowest BCUT2D eigenvalue weighted by molar-refractivity contribution is -0.134. The third-order valence-electron chi connectivity index (χ3n) is 4.99. The molecule has 0 bridgehead atoms. The van der Waals surface area contributed by atoms with Gasteiger partial charge in [0.15, 0.2) is 0 Å². The summed E-state index contributed by atoms with van der Waals surface area (Å²) in [4.78, 5) is 26.0. The summed E-state index contributed by atoms with van der Waals surface area (Å²) in [6, 6.07) is 8.31. The molecule has 3 rings (SSSR count). The Balaban J connectivity index is 1.41. The van der Waals surface area contributed by atoms with Gasteiger partial charge < -0.3 is 15.5 Å². The number of benzene rings is 1. The molecule has 2 aliphatic heterocycles. The maximum Gasteiger partial charge on any atom is 0.243 e. The average Bonchev–Trinajstić information content (AvgIpc) is 2.65. The average molecular weight is 394 g/mol. The van der Waals surface area contributed by atoms with Crippen molar-refractivity contribution >= 4 is 21.8 Å². The molecule has 0 aromatic heterocycles. The molecule has 2 N–H and O–H groups in total. The SMILES string of the molecule is O=C(CCC(=O)N1CCN(S(=O)(=O)c2ccccc2)CC1)NCC1CNC1. The zero-order chi connectivity index (χ0) is 19.3. The molecule has 2 amide bonds. The third-order valence-corrected chi connectivity index (χ3v) is 6.91. The van der Waals surface area contributed by atoms with Crippen molar-refractivity contribution in [1.29, 1.82) is 0 Å². The van der Waals surface area contributed by atoms with E-state index in [9.17, 15) is 18.0 Å². The Bertz CT molecular complexity index is 757. The zero-order valence-electron chi connectivity index (χ0n) is 15.3. The minimum atomic E-state index is -3.52. The van der Waals surface area contributed by atoms with E-state index in [-0.39, 0.29) is 42.6 Å². The lowest BCUT2D eigenvalue weighted by Crippen LogP contribution is -2.50. The molecule has 1 aromatic rings. The predicted octanol–water partition coefficient (Wildman–Crippen LogP) is -0.365. The Hall–Kier alpha value is -1.97. The van der Waals surface area contributed by atoms with Crippen molar-refractivity contribution in [2.45, 2.75) is 17.7 Å². The molecule has 9 heteroatoms. The van der Waals surface area contributed by atoms with Gasteiger partial charge in [-0.15, -0.1) is 0 Å². The number of nitrogens with one attached hydrogen (secondary N) is 2. The zero-order valence-corrected chi connectivity index (χ0v) is 16.1. The standard InChI is InChI=1S/C18H26N4O4S/c23-17(20-14-15-12-19-13-15)6-7-18(24)21-8-10-22(11-9-21)27(25,26)16-4-2-1-3-5-16/h1-5,15,19H,6-14H2,(H,20,23). The second-order valence-electron chi connectivity index (χ2n) is 6.93. The van der Waals surface area contributed by atoms with Gasteiger partial charge in [-0.3, -0.25) is 9.59 Å². The highest BCUT2D eigenvalue weighted by atomic mass is 32.2. The minimum Gasteiger partial charge on any atom is -0.356 e. The highest BCUT2D eigenvalue weighted by Gasteiger charge is 2.30. The van der Waals surface area contributed by atoms with E-state index in [0.717, 1.165) is 13.1 Å². The number of carbonyl (C=O) groups is 2. The van der Waals surface area contributed by atoms with Gasteiger partial charge in [0.05, 0.1) is 4.90 Å². The van der Waals surface area contributed by atoms with Crippen LogP contribution in [0.2, 0.25) is 0 Å². The Labute approximate surface area is 160 Å². The van der Waals surface area contributed by atoms with Crippen molar-refractivity contribution < 1.29 is 18.0 Å². The molecule has 0 spiro atoms. The van der Waals surface area contributed by atoms with E-state index in [2.05, 4.69) is 10.6 Å². The monoisotopic (exact) mass is 394 g/mol. The summed E-state index contributed by atoms with van der Waals surface area (Å²) >= 11 is 0. The number of sulfonamides is 1. The van der Waals surface area contributed by atoms with Gasteiger partial charge in [-0.05, 0) is 12.1 Å². The van der Waals surface area contributed by atoms with E-state index in [4.69, 9.17) is 0 Å². The lowest BCUT2D eigenvalue weighted by atomic mass is 10.0. The largest absolute Gasteiger partial charge is 0.356 e. The van der Waals surface area contributed by atoms with E-state index in [1.54, 1.807) is 35.2 Å². The fourth-order valence-corrected chi connectivity index (χ4v) is 4.58. The van der Waals surface area contributed by atoms with E-state index >= 15 is 0 Å². The van der Waals surface area contributed by atoms with E-state index in [0.29, 0.717) is 25.6 Å². The molecule has 8 nitrogen and oxygen atoms in total. The molecule has 0 saturated carbocycles. The fourth-order valence-electron chi connectivity index (χ4n) is 3.14. The first-order valence-electron chi connectivity index (χ1n) is 9.27. The van der Waals surface area contributed by atoms with Gasteiger partial charge >= 0.3 is 0 Å². The summed E-state index contributed by atoms with van der Waals surface area (Å²) in [5.74, 6) is 0.275.